The Morgan fingerprint density at radius 1 is 1.05 bits per heavy atom. The molecule has 0 fully saturated rings. The van der Waals surface area contributed by atoms with Gasteiger partial charge in [-0.05, 0) is 42.0 Å². The zero-order valence-corrected chi connectivity index (χ0v) is 13.8. The average Bonchev–Trinajstić information content (AvgIpc) is 2.49. The van der Waals surface area contributed by atoms with Crippen LogP contribution in [-0.2, 0) is 4.75 Å². The zero-order valence-electron chi connectivity index (χ0n) is 11.4. The molecule has 2 aromatic carbocycles. The van der Waals surface area contributed by atoms with E-state index in [1.165, 1.54) is 11.1 Å². The van der Waals surface area contributed by atoms with E-state index >= 15 is 0 Å². The Bertz CT molecular complexity index is 603. The highest BCUT2D eigenvalue weighted by Crippen LogP contribution is 2.48. The fourth-order valence-corrected chi connectivity index (χ4v) is 4.12. The standard InChI is InChI=1S/C18H17BrS/c1-18(16-5-3-2-4-6-16)13-15(11-12-20-18)14-7-9-17(19)10-8-14/h2-12,15H,13H2,1H3/t15-,18-/m1/s1. The minimum absolute atomic E-state index is 0.160. The largest absolute Gasteiger partial charge is 0.123 e. The Balaban J connectivity index is 1.88. The number of benzene rings is 2. The molecule has 0 saturated heterocycles. The third kappa shape index (κ3) is 2.87. The van der Waals surface area contributed by atoms with Gasteiger partial charge in [-0.2, -0.15) is 0 Å². The number of halogens is 1. The second-order valence-corrected chi connectivity index (χ2v) is 7.73. The van der Waals surface area contributed by atoms with Crippen molar-refractivity contribution in [3.8, 4) is 0 Å². The lowest BCUT2D eigenvalue weighted by Gasteiger charge is -2.35. The Kier molecular flexibility index (Phi) is 4.04. The number of hydrogen-bond donors (Lipinski definition) is 0. The van der Waals surface area contributed by atoms with Gasteiger partial charge in [-0.15, -0.1) is 11.8 Å². The smallest absolute Gasteiger partial charge is 0.0430 e. The summed E-state index contributed by atoms with van der Waals surface area (Å²) >= 11 is 5.44. The predicted molar refractivity (Wildman–Crippen MR) is 92.0 cm³/mol. The topological polar surface area (TPSA) is 0 Å². The fraction of sp³-hybridized carbons (Fsp3) is 0.222. The lowest BCUT2D eigenvalue weighted by molar-refractivity contribution is 0.575. The van der Waals surface area contributed by atoms with Crippen LogP contribution in [0.25, 0.3) is 0 Å². The Labute approximate surface area is 133 Å². The number of thioether (sulfide) groups is 1. The number of rotatable bonds is 2. The molecule has 0 N–H and O–H groups in total. The maximum absolute atomic E-state index is 3.51. The first kappa shape index (κ1) is 14.0. The van der Waals surface area contributed by atoms with Crippen molar-refractivity contribution in [1.82, 2.24) is 0 Å². The molecule has 0 radical (unpaired) electrons. The molecule has 0 nitrogen and oxygen atoms in total. The molecule has 20 heavy (non-hydrogen) atoms. The molecule has 3 rings (SSSR count). The van der Waals surface area contributed by atoms with Crippen LogP contribution in [0.4, 0.5) is 0 Å². The molecule has 0 unspecified atom stereocenters. The highest BCUT2D eigenvalue weighted by Gasteiger charge is 2.32. The van der Waals surface area contributed by atoms with E-state index in [9.17, 15) is 0 Å². The molecule has 1 aliphatic heterocycles. The van der Waals surface area contributed by atoms with E-state index in [1.54, 1.807) is 0 Å². The first-order chi connectivity index (χ1) is 9.67. The maximum atomic E-state index is 3.51. The molecule has 2 heteroatoms. The average molecular weight is 345 g/mol. The van der Waals surface area contributed by atoms with Crippen LogP contribution < -0.4 is 0 Å². The van der Waals surface area contributed by atoms with Gasteiger partial charge in [0.1, 0.15) is 0 Å². The van der Waals surface area contributed by atoms with Gasteiger partial charge in [0.2, 0.25) is 0 Å². The highest BCUT2D eigenvalue weighted by atomic mass is 79.9. The Morgan fingerprint density at radius 2 is 1.75 bits per heavy atom. The van der Waals surface area contributed by atoms with Crippen molar-refractivity contribution in [3.63, 3.8) is 0 Å². The van der Waals surface area contributed by atoms with Crippen molar-refractivity contribution in [2.24, 2.45) is 0 Å². The number of hydrogen-bond acceptors (Lipinski definition) is 1. The van der Waals surface area contributed by atoms with Crippen LogP contribution in [0.15, 0.2) is 70.6 Å². The van der Waals surface area contributed by atoms with Crippen molar-refractivity contribution in [2.45, 2.75) is 24.0 Å². The Hall–Kier alpha value is -0.990. The zero-order chi connectivity index (χ0) is 14.0. The summed E-state index contributed by atoms with van der Waals surface area (Å²) in [4.78, 5) is 0. The Morgan fingerprint density at radius 3 is 2.45 bits per heavy atom. The van der Waals surface area contributed by atoms with Gasteiger partial charge in [-0.3, -0.25) is 0 Å². The summed E-state index contributed by atoms with van der Waals surface area (Å²) in [5, 5.41) is 2.27. The molecule has 0 aliphatic carbocycles. The molecule has 2 aromatic rings. The van der Waals surface area contributed by atoms with Gasteiger partial charge < -0.3 is 0 Å². The molecule has 0 bridgehead atoms. The van der Waals surface area contributed by atoms with Crippen molar-refractivity contribution in [2.75, 3.05) is 0 Å². The summed E-state index contributed by atoms with van der Waals surface area (Å²) in [6.45, 7) is 2.35. The third-order valence-corrected chi connectivity index (χ3v) is 5.68. The van der Waals surface area contributed by atoms with E-state index in [4.69, 9.17) is 0 Å². The van der Waals surface area contributed by atoms with Crippen LogP contribution in [0.1, 0.15) is 30.4 Å². The van der Waals surface area contributed by atoms with E-state index in [0.29, 0.717) is 5.92 Å². The molecule has 0 aromatic heterocycles. The lowest BCUT2D eigenvalue weighted by Crippen LogP contribution is -2.22. The monoisotopic (exact) mass is 344 g/mol. The second-order valence-electron chi connectivity index (χ2n) is 5.41. The van der Waals surface area contributed by atoms with E-state index in [1.807, 2.05) is 11.8 Å². The molecule has 102 valence electrons. The van der Waals surface area contributed by atoms with E-state index in [0.717, 1.165) is 10.9 Å². The van der Waals surface area contributed by atoms with Gasteiger partial charge >= 0.3 is 0 Å². The molecular formula is C18H17BrS. The third-order valence-electron chi connectivity index (χ3n) is 3.93. The summed E-state index contributed by atoms with van der Waals surface area (Å²) in [5.41, 5.74) is 2.81. The molecule has 2 atom stereocenters. The highest BCUT2D eigenvalue weighted by molar-refractivity contribution is 9.10. The predicted octanol–water partition coefficient (Wildman–Crippen LogP) is 6.10. The van der Waals surface area contributed by atoms with Gasteiger partial charge in [0, 0.05) is 15.1 Å². The normalized spacial score (nSPS) is 25.6. The quantitative estimate of drug-likeness (QED) is 0.634. The number of allylic oxidation sites excluding steroid dienone is 1. The summed E-state index contributed by atoms with van der Waals surface area (Å²) in [6, 6.07) is 19.5. The van der Waals surface area contributed by atoms with Crippen LogP contribution in [0, 0.1) is 0 Å². The van der Waals surface area contributed by atoms with Crippen LogP contribution >= 0.6 is 27.7 Å². The van der Waals surface area contributed by atoms with Crippen molar-refractivity contribution in [1.29, 1.82) is 0 Å². The van der Waals surface area contributed by atoms with E-state index < -0.39 is 0 Å². The van der Waals surface area contributed by atoms with Gasteiger partial charge in [0.15, 0.2) is 0 Å². The van der Waals surface area contributed by atoms with E-state index in [2.05, 4.69) is 88.9 Å². The molecular weight excluding hydrogens is 328 g/mol. The minimum atomic E-state index is 0.160. The second kappa shape index (κ2) is 5.79. The molecule has 1 aliphatic rings. The molecule has 0 spiro atoms. The van der Waals surface area contributed by atoms with Gasteiger partial charge in [0.25, 0.3) is 0 Å². The first-order valence-corrected chi connectivity index (χ1v) is 8.50. The van der Waals surface area contributed by atoms with Crippen LogP contribution in [0.2, 0.25) is 0 Å². The summed E-state index contributed by atoms with van der Waals surface area (Å²) in [7, 11) is 0. The van der Waals surface area contributed by atoms with Crippen molar-refractivity contribution in [3.05, 3.63) is 81.7 Å². The SMILES string of the molecule is C[C@]1(c2ccccc2)C[C@H](c2ccc(Br)cc2)C=CS1. The lowest BCUT2D eigenvalue weighted by atomic mass is 9.85. The van der Waals surface area contributed by atoms with Crippen LogP contribution in [0.3, 0.4) is 0 Å². The van der Waals surface area contributed by atoms with Crippen molar-refractivity contribution >= 4 is 27.7 Å². The van der Waals surface area contributed by atoms with E-state index in [-0.39, 0.29) is 4.75 Å². The first-order valence-electron chi connectivity index (χ1n) is 6.83. The molecule has 1 heterocycles. The molecule has 0 saturated carbocycles. The van der Waals surface area contributed by atoms with Gasteiger partial charge in [-0.1, -0.05) is 64.5 Å². The minimum Gasteiger partial charge on any atom is -0.123 e. The van der Waals surface area contributed by atoms with Gasteiger partial charge in [-0.25, -0.2) is 0 Å². The molecule has 0 amide bonds. The summed E-state index contributed by atoms with van der Waals surface area (Å²) in [6.07, 6.45) is 3.47. The summed E-state index contributed by atoms with van der Waals surface area (Å²) < 4.78 is 1.30. The van der Waals surface area contributed by atoms with Crippen LogP contribution in [-0.4, -0.2) is 0 Å². The van der Waals surface area contributed by atoms with Crippen molar-refractivity contribution < 1.29 is 0 Å². The fourth-order valence-electron chi connectivity index (χ4n) is 2.74. The van der Waals surface area contributed by atoms with Gasteiger partial charge in [0.05, 0.1) is 0 Å². The maximum Gasteiger partial charge on any atom is 0.0430 e. The summed E-state index contributed by atoms with van der Waals surface area (Å²) in [5.74, 6) is 0.495. The van der Waals surface area contributed by atoms with Crippen LogP contribution in [0.5, 0.6) is 0 Å².